The molecule has 0 heterocycles. The highest BCUT2D eigenvalue weighted by atomic mass is 16.5. The molecule has 0 aliphatic rings. The fourth-order valence-electron chi connectivity index (χ4n) is 1.92. The van der Waals surface area contributed by atoms with Crippen molar-refractivity contribution in [1.82, 2.24) is 0 Å². The summed E-state index contributed by atoms with van der Waals surface area (Å²) in [7, 11) is 0. The minimum Gasteiger partial charge on any atom is -0.508 e. The Hall–Kier alpha value is -2.55. The van der Waals surface area contributed by atoms with Crippen LogP contribution in [-0.2, 0) is 16.0 Å². The summed E-state index contributed by atoms with van der Waals surface area (Å²) < 4.78 is 5.15. The lowest BCUT2D eigenvalue weighted by atomic mass is 10.1. The number of carbonyl (C=O) groups excluding carboxylic acids is 1. The van der Waals surface area contributed by atoms with Crippen molar-refractivity contribution in [3.8, 4) is 5.75 Å². The molecule has 0 fully saturated rings. The summed E-state index contributed by atoms with van der Waals surface area (Å²) in [6.07, 6.45) is 3.79. The van der Waals surface area contributed by atoms with Gasteiger partial charge in [0, 0.05) is 12.5 Å². The predicted octanol–water partition coefficient (Wildman–Crippen LogP) is 3.50. The van der Waals surface area contributed by atoms with Gasteiger partial charge in [0.15, 0.2) is 0 Å². The molecule has 0 saturated carbocycles. The van der Waals surface area contributed by atoms with Crippen LogP contribution in [0, 0.1) is 6.92 Å². The molecule has 0 atom stereocenters. The molecule has 3 heteroatoms. The number of aryl methyl sites for hydroxylation is 1. The fourth-order valence-corrected chi connectivity index (χ4v) is 1.92. The van der Waals surface area contributed by atoms with E-state index in [1.54, 1.807) is 12.1 Å². The molecular formula is C18H18O3. The Balaban J connectivity index is 1.79. The van der Waals surface area contributed by atoms with Crippen molar-refractivity contribution in [3.05, 3.63) is 71.3 Å². The van der Waals surface area contributed by atoms with Crippen LogP contribution in [0.3, 0.4) is 0 Å². The van der Waals surface area contributed by atoms with Crippen molar-refractivity contribution in [3.63, 3.8) is 0 Å². The molecule has 0 radical (unpaired) electrons. The van der Waals surface area contributed by atoms with Crippen LogP contribution in [0.2, 0.25) is 0 Å². The van der Waals surface area contributed by atoms with Gasteiger partial charge in [0.1, 0.15) is 5.75 Å². The predicted molar refractivity (Wildman–Crippen MR) is 83.0 cm³/mol. The number of esters is 1. The van der Waals surface area contributed by atoms with Gasteiger partial charge < -0.3 is 9.84 Å². The normalized spacial score (nSPS) is 10.7. The Morgan fingerprint density at radius 1 is 1.19 bits per heavy atom. The molecule has 0 aliphatic heterocycles. The van der Waals surface area contributed by atoms with E-state index in [-0.39, 0.29) is 11.7 Å². The Kier molecular flexibility index (Phi) is 5.16. The molecule has 0 amide bonds. The van der Waals surface area contributed by atoms with Crippen molar-refractivity contribution in [2.75, 3.05) is 6.61 Å². The fraction of sp³-hybridized carbons (Fsp3) is 0.167. The maximum absolute atomic E-state index is 11.6. The molecule has 0 spiro atoms. The number of hydrogen-bond donors (Lipinski definition) is 1. The van der Waals surface area contributed by atoms with Crippen molar-refractivity contribution in [1.29, 1.82) is 0 Å². The molecule has 2 rings (SSSR count). The van der Waals surface area contributed by atoms with Gasteiger partial charge in [-0.3, -0.25) is 0 Å². The van der Waals surface area contributed by atoms with Crippen LogP contribution < -0.4 is 0 Å². The van der Waals surface area contributed by atoms with E-state index in [2.05, 4.69) is 0 Å². The van der Waals surface area contributed by atoms with Gasteiger partial charge >= 0.3 is 5.97 Å². The molecule has 0 bridgehead atoms. The maximum atomic E-state index is 11.6. The molecule has 21 heavy (non-hydrogen) atoms. The number of phenolic OH excluding ortho intramolecular Hbond substituents is 1. The Labute approximate surface area is 124 Å². The highest BCUT2D eigenvalue weighted by Crippen LogP contribution is 2.17. The molecule has 2 aromatic rings. The smallest absolute Gasteiger partial charge is 0.330 e. The monoisotopic (exact) mass is 282 g/mol. The van der Waals surface area contributed by atoms with Gasteiger partial charge in [-0.25, -0.2) is 4.79 Å². The molecule has 0 saturated heterocycles. The zero-order valence-corrected chi connectivity index (χ0v) is 12.0. The molecule has 2 aromatic carbocycles. The zero-order valence-electron chi connectivity index (χ0n) is 12.0. The third kappa shape index (κ3) is 4.80. The van der Waals surface area contributed by atoms with Crippen LogP contribution in [0.15, 0.2) is 54.6 Å². The third-order valence-corrected chi connectivity index (χ3v) is 3.11. The molecule has 108 valence electrons. The van der Waals surface area contributed by atoms with Gasteiger partial charge in [-0.05, 0) is 35.8 Å². The first kappa shape index (κ1) is 14.9. The molecule has 0 aromatic heterocycles. The number of phenols is 1. The summed E-state index contributed by atoms with van der Waals surface area (Å²) in [4.78, 5) is 11.6. The average molecular weight is 282 g/mol. The Morgan fingerprint density at radius 3 is 2.67 bits per heavy atom. The Bertz CT molecular complexity index is 630. The number of benzene rings is 2. The first-order valence-electron chi connectivity index (χ1n) is 6.83. The maximum Gasteiger partial charge on any atom is 0.330 e. The van der Waals surface area contributed by atoms with Crippen molar-refractivity contribution >= 4 is 12.0 Å². The summed E-state index contributed by atoms with van der Waals surface area (Å²) >= 11 is 0. The van der Waals surface area contributed by atoms with Crippen LogP contribution in [0.1, 0.15) is 16.7 Å². The van der Waals surface area contributed by atoms with E-state index in [1.165, 1.54) is 6.08 Å². The van der Waals surface area contributed by atoms with Crippen molar-refractivity contribution in [2.45, 2.75) is 13.3 Å². The minimum atomic E-state index is -0.352. The molecule has 0 unspecified atom stereocenters. The third-order valence-electron chi connectivity index (χ3n) is 3.11. The van der Waals surface area contributed by atoms with E-state index in [1.807, 2.05) is 49.4 Å². The lowest BCUT2D eigenvalue weighted by Gasteiger charge is -2.05. The minimum absolute atomic E-state index is 0.279. The number of rotatable bonds is 5. The van der Waals surface area contributed by atoms with Gasteiger partial charge in [0.2, 0.25) is 0 Å². The van der Waals surface area contributed by atoms with Crippen LogP contribution in [-0.4, -0.2) is 17.7 Å². The van der Waals surface area contributed by atoms with Gasteiger partial charge in [-0.2, -0.15) is 0 Å². The second-order valence-corrected chi connectivity index (χ2v) is 4.78. The highest BCUT2D eigenvalue weighted by molar-refractivity contribution is 5.87. The van der Waals surface area contributed by atoms with E-state index < -0.39 is 0 Å². The van der Waals surface area contributed by atoms with E-state index in [9.17, 15) is 9.90 Å². The van der Waals surface area contributed by atoms with Crippen molar-refractivity contribution < 1.29 is 14.6 Å². The first-order chi connectivity index (χ1) is 10.1. The lowest BCUT2D eigenvalue weighted by Crippen LogP contribution is -2.04. The second-order valence-electron chi connectivity index (χ2n) is 4.78. The Morgan fingerprint density at radius 2 is 1.95 bits per heavy atom. The van der Waals surface area contributed by atoms with Crippen molar-refractivity contribution in [2.24, 2.45) is 0 Å². The van der Waals surface area contributed by atoms with Gasteiger partial charge in [0.25, 0.3) is 0 Å². The van der Waals surface area contributed by atoms with Crippen LogP contribution in [0.5, 0.6) is 5.75 Å². The van der Waals surface area contributed by atoms with Crippen LogP contribution in [0.4, 0.5) is 0 Å². The van der Waals surface area contributed by atoms with Crippen LogP contribution >= 0.6 is 0 Å². The first-order valence-corrected chi connectivity index (χ1v) is 6.83. The summed E-state index contributed by atoms with van der Waals surface area (Å²) in [5.74, 6) is -0.0732. The van der Waals surface area contributed by atoms with Crippen LogP contribution in [0.25, 0.3) is 6.08 Å². The van der Waals surface area contributed by atoms with E-state index in [0.29, 0.717) is 13.0 Å². The van der Waals surface area contributed by atoms with E-state index in [4.69, 9.17) is 4.74 Å². The molecular weight excluding hydrogens is 264 g/mol. The second kappa shape index (κ2) is 7.29. The van der Waals surface area contributed by atoms with Gasteiger partial charge in [0.05, 0.1) is 6.61 Å². The topological polar surface area (TPSA) is 46.5 Å². The quantitative estimate of drug-likeness (QED) is 0.674. The number of ether oxygens (including phenoxy) is 1. The summed E-state index contributed by atoms with van der Waals surface area (Å²) in [6.45, 7) is 2.16. The average Bonchev–Trinajstić information content (AvgIpc) is 2.50. The number of aromatic hydroxyl groups is 1. The van der Waals surface area contributed by atoms with E-state index in [0.717, 1.165) is 16.7 Å². The van der Waals surface area contributed by atoms with E-state index >= 15 is 0 Å². The number of carbonyl (C=O) groups is 1. The zero-order chi connectivity index (χ0) is 15.1. The SMILES string of the molecule is Cc1cc(CCOC(=O)/C=C\c2ccccc2)ccc1O. The summed E-state index contributed by atoms with van der Waals surface area (Å²) in [6, 6.07) is 15.0. The summed E-state index contributed by atoms with van der Waals surface area (Å²) in [5.41, 5.74) is 2.82. The standard InChI is InChI=1S/C18H18O3/c1-14-13-16(7-9-17(14)19)11-12-21-18(20)10-8-15-5-3-2-4-6-15/h2-10,13,19H,11-12H2,1H3/b10-8-. The molecule has 3 nitrogen and oxygen atoms in total. The highest BCUT2D eigenvalue weighted by Gasteiger charge is 2.01. The largest absolute Gasteiger partial charge is 0.508 e. The molecule has 1 N–H and O–H groups in total. The number of hydrogen-bond acceptors (Lipinski definition) is 3. The van der Waals surface area contributed by atoms with Gasteiger partial charge in [-0.15, -0.1) is 0 Å². The lowest BCUT2D eigenvalue weighted by molar-refractivity contribution is -0.137. The van der Waals surface area contributed by atoms with Gasteiger partial charge in [-0.1, -0.05) is 42.5 Å². The summed E-state index contributed by atoms with van der Waals surface area (Å²) in [5, 5.41) is 9.44. The molecule has 0 aliphatic carbocycles.